The van der Waals surface area contributed by atoms with Crippen LogP contribution in [0.3, 0.4) is 0 Å². The summed E-state index contributed by atoms with van der Waals surface area (Å²) in [7, 11) is 7.65. The predicted molar refractivity (Wildman–Crippen MR) is 53.0 cm³/mol. The lowest BCUT2D eigenvalue weighted by atomic mass is 10.2. The average Bonchev–Trinajstić information content (AvgIpc) is 2.06. The van der Waals surface area contributed by atoms with Crippen LogP contribution in [-0.4, -0.2) is 14.1 Å². The first-order chi connectivity index (χ1) is 5.74. The van der Waals surface area contributed by atoms with Crippen LogP contribution in [0.25, 0.3) is 0 Å². The highest BCUT2D eigenvalue weighted by molar-refractivity contribution is 5.45. The molecule has 2 heteroatoms. The molecule has 2 nitrogen and oxygen atoms in total. The summed E-state index contributed by atoms with van der Waals surface area (Å²) in [5, 5.41) is 2.87. The molecule has 0 saturated carbocycles. The number of nitrogens with one attached hydrogen (secondary N) is 1. The second-order valence-corrected chi connectivity index (χ2v) is 2.99. The zero-order chi connectivity index (χ0) is 8.97. The van der Waals surface area contributed by atoms with Crippen molar-refractivity contribution in [2.24, 2.45) is 0 Å². The SMILES string of the molecule is [CH2]NCc1ccc(N(C)C)cc1. The lowest BCUT2D eigenvalue weighted by Crippen LogP contribution is -2.08. The summed E-state index contributed by atoms with van der Waals surface area (Å²) in [6.45, 7) is 0.827. The maximum atomic E-state index is 3.58. The van der Waals surface area contributed by atoms with Crippen LogP contribution in [-0.2, 0) is 6.54 Å². The first kappa shape index (κ1) is 9.07. The third-order valence-corrected chi connectivity index (χ3v) is 1.78. The molecule has 0 spiro atoms. The highest BCUT2D eigenvalue weighted by Crippen LogP contribution is 2.11. The molecule has 0 aliphatic heterocycles. The molecule has 65 valence electrons. The van der Waals surface area contributed by atoms with Gasteiger partial charge in [0.2, 0.25) is 0 Å². The summed E-state index contributed by atoms with van der Waals surface area (Å²) < 4.78 is 0. The minimum Gasteiger partial charge on any atom is -0.378 e. The maximum Gasteiger partial charge on any atom is 0.0361 e. The first-order valence-corrected chi connectivity index (χ1v) is 4.00. The maximum absolute atomic E-state index is 3.58. The largest absolute Gasteiger partial charge is 0.378 e. The van der Waals surface area contributed by atoms with Crippen molar-refractivity contribution in [2.45, 2.75) is 6.54 Å². The Hall–Kier alpha value is -1.02. The van der Waals surface area contributed by atoms with Crippen molar-refractivity contribution < 1.29 is 0 Å². The van der Waals surface area contributed by atoms with Gasteiger partial charge in [-0.05, 0) is 17.7 Å². The number of rotatable bonds is 3. The summed E-state index contributed by atoms with van der Waals surface area (Å²) in [5.74, 6) is 0. The minimum atomic E-state index is 0.827. The van der Waals surface area contributed by atoms with E-state index in [1.54, 1.807) is 0 Å². The van der Waals surface area contributed by atoms with E-state index in [9.17, 15) is 0 Å². The van der Waals surface area contributed by atoms with Crippen molar-refractivity contribution in [3.63, 3.8) is 0 Å². The van der Waals surface area contributed by atoms with Gasteiger partial charge in [-0.2, -0.15) is 0 Å². The van der Waals surface area contributed by atoms with Gasteiger partial charge >= 0.3 is 0 Å². The highest BCUT2D eigenvalue weighted by Gasteiger charge is 1.94. The predicted octanol–water partition coefficient (Wildman–Crippen LogP) is 1.63. The van der Waals surface area contributed by atoms with E-state index >= 15 is 0 Å². The zero-order valence-corrected chi connectivity index (χ0v) is 7.67. The number of anilines is 1. The molecule has 0 aliphatic rings. The molecule has 0 saturated heterocycles. The molecule has 1 radical (unpaired) electrons. The van der Waals surface area contributed by atoms with E-state index in [0.717, 1.165) is 6.54 Å². The van der Waals surface area contributed by atoms with E-state index in [4.69, 9.17) is 0 Å². The van der Waals surface area contributed by atoms with Gasteiger partial charge in [0.05, 0.1) is 0 Å². The van der Waals surface area contributed by atoms with Gasteiger partial charge in [-0.1, -0.05) is 12.1 Å². The van der Waals surface area contributed by atoms with Gasteiger partial charge in [-0.3, -0.25) is 0 Å². The van der Waals surface area contributed by atoms with Gasteiger partial charge < -0.3 is 10.2 Å². The lowest BCUT2D eigenvalue weighted by molar-refractivity contribution is 0.866. The summed E-state index contributed by atoms with van der Waals surface area (Å²) in [5.41, 5.74) is 2.48. The molecule has 0 aromatic heterocycles. The summed E-state index contributed by atoms with van der Waals surface area (Å²) in [6.07, 6.45) is 0. The van der Waals surface area contributed by atoms with Gasteiger partial charge in [-0.25, -0.2) is 0 Å². The minimum absolute atomic E-state index is 0.827. The van der Waals surface area contributed by atoms with Crippen molar-refractivity contribution >= 4 is 5.69 Å². The summed E-state index contributed by atoms with van der Waals surface area (Å²) in [6, 6.07) is 8.42. The Morgan fingerprint density at radius 2 is 1.83 bits per heavy atom. The molecule has 0 atom stereocenters. The van der Waals surface area contributed by atoms with Crippen LogP contribution in [0.4, 0.5) is 5.69 Å². The number of benzene rings is 1. The van der Waals surface area contributed by atoms with E-state index in [1.807, 2.05) is 14.1 Å². The lowest BCUT2D eigenvalue weighted by Gasteiger charge is -2.12. The average molecular weight is 163 g/mol. The monoisotopic (exact) mass is 163 g/mol. The van der Waals surface area contributed by atoms with Crippen LogP contribution < -0.4 is 10.2 Å². The van der Waals surface area contributed by atoms with Gasteiger partial charge in [-0.15, -0.1) is 0 Å². The Bertz CT molecular complexity index is 226. The molecule has 0 aliphatic carbocycles. The van der Waals surface area contributed by atoms with Crippen LogP contribution in [0.15, 0.2) is 24.3 Å². The molecular weight excluding hydrogens is 148 g/mol. The van der Waals surface area contributed by atoms with E-state index in [2.05, 4.69) is 41.5 Å². The van der Waals surface area contributed by atoms with Crippen LogP contribution in [0, 0.1) is 7.05 Å². The van der Waals surface area contributed by atoms with Crippen molar-refractivity contribution in [3.05, 3.63) is 36.9 Å². The van der Waals surface area contributed by atoms with E-state index in [-0.39, 0.29) is 0 Å². The summed E-state index contributed by atoms with van der Waals surface area (Å²) >= 11 is 0. The van der Waals surface area contributed by atoms with Crippen LogP contribution >= 0.6 is 0 Å². The second-order valence-electron chi connectivity index (χ2n) is 2.99. The Balaban J connectivity index is 2.71. The number of nitrogens with zero attached hydrogens (tertiary/aromatic N) is 1. The molecule has 1 aromatic carbocycles. The molecule has 0 heterocycles. The Labute approximate surface area is 74.2 Å². The molecule has 0 bridgehead atoms. The van der Waals surface area contributed by atoms with Crippen molar-refractivity contribution in [3.8, 4) is 0 Å². The van der Waals surface area contributed by atoms with E-state index in [1.165, 1.54) is 11.3 Å². The van der Waals surface area contributed by atoms with Crippen molar-refractivity contribution in [2.75, 3.05) is 19.0 Å². The normalized spacial score (nSPS) is 9.92. The third-order valence-electron chi connectivity index (χ3n) is 1.78. The van der Waals surface area contributed by atoms with E-state index in [0.29, 0.717) is 0 Å². The van der Waals surface area contributed by atoms with E-state index < -0.39 is 0 Å². The van der Waals surface area contributed by atoms with Gasteiger partial charge in [0.1, 0.15) is 0 Å². The molecule has 0 fully saturated rings. The number of hydrogen-bond donors (Lipinski definition) is 1. The second kappa shape index (κ2) is 4.12. The van der Waals surface area contributed by atoms with Gasteiger partial charge in [0, 0.05) is 33.4 Å². The fourth-order valence-corrected chi connectivity index (χ4v) is 1.06. The smallest absolute Gasteiger partial charge is 0.0361 e. The third kappa shape index (κ3) is 2.24. The molecule has 1 aromatic rings. The van der Waals surface area contributed by atoms with Crippen molar-refractivity contribution in [1.82, 2.24) is 5.32 Å². The van der Waals surface area contributed by atoms with Gasteiger partial charge in [0.15, 0.2) is 0 Å². The molecule has 1 N–H and O–H groups in total. The molecule has 0 unspecified atom stereocenters. The van der Waals surface area contributed by atoms with Crippen LogP contribution in [0.2, 0.25) is 0 Å². The standard InChI is InChI=1S/C10H15N2/c1-11-8-9-4-6-10(7-5-9)12(2)3/h4-7,11H,1,8H2,2-3H3. The fraction of sp³-hybridized carbons (Fsp3) is 0.300. The van der Waals surface area contributed by atoms with Crippen molar-refractivity contribution in [1.29, 1.82) is 0 Å². The van der Waals surface area contributed by atoms with Crippen LogP contribution in [0.5, 0.6) is 0 Å². The number of hydrogen-bond acceptors (Lipinski definition) is 2. The topological polar surface area (TPSA) is 15.3 Å². The Morgan fingerprint density at radius 1 is 1.25 bits per heavy atom. The van der Waals surface area contributed by atoms with Gasteiger partial charge in [0.25, 0.3) is 0 Å². The first-order valence-electron chi connectivity index (χ1n) is 4.00. The molecule has 12 heavy (non-hydrogen) atoms. The summed E-state index contributed by atoms with van der Waals surface area (Å²) in [4.78, 5) is 2.08. The Kier molecular flexibility index (Phi) is 3.11. The quantitative estimate of drug-likeness (QED) is 0.728. The molecular formula is C10H15N2. The zero-order valence-electron chi connectivity index (χ0n) is 7.67. The Morgan fingerprint density at radius 3 is 2.25 bits per heavy atom. The fourth-order valence-electron chi connectivity index (χ4n) is 1.06. The van der Waals surface area contributed by atoms with Crippen LogP contribution in [0.1, 0.15) is 5.56 Å². The molecule has 1 rings (SSSR count). The molecule has 0 amide bonds. The highest BCUT2D eigenvalue weighted by atomic mass is 15.1.